The second-order valence-electron chi connectivity index (χ2n) is 4.00. The van der Waals surface area contributed by atoms with Gasteiger partial charge in [0.1, 0.15) is 5.82 Å². The Morgan fingerprint density at radius 3 is 2.65 bits per heavy atom. The zero-order valence-electron chi connectivity index (χ0n) is 10.9. The molecule has 0 aliphatic rings. The van der Waals surface area contributed by atoms with Gasteiger partial charge in [0, 0.05) is 19.2 Å². The van der Waals surface area contributed by atoms with E-state index in [1.54, 1.807) is 25.2 Å². The predicted octanol–water partition coefficient (Wildman–Crippen LogP) is 2.09. The molecule has 0 saturated heterocycles. The van der Waals surface area contributed by atoms with E-state index in [9.17, 15) is 4.79 Å². The lowest BCUT2D eigenvalue weighted by molar-refractivity contribution is 0.760. The summed E-state index contributed by atoms with van der Waals surface area (Å²) in [5.41, 5.74) is 5.86. The smallest absolute Gasteiger partial charge is 0.289 e. The van der Waals surface area contributed by atoms with Crippen LogP contribution in [0.5, 0.6) is 0 Å². The lowest BCUT2D eigenvalue weighted by Crippen LogP contribution is -2.29. The summed E-state index contributed by atoms with van der Waals surface area (Å²) in [4.78, 5) is 19.9. The number of benzene rings is 1. The molecule has 20 heavy (non-hydrogen) atoms. The highest BCUT2D eigenvalue weighted by Crippen LogP contribution is 2.27. The van der Waals surface area contributed by atoms with Gasteiger partial charge >= 0.3 is 5.69 Å². The van der Waals surface area contributed by atoms with Crippen LogP contribution in [-0.4, -0.2) is 21.1 Å². The minimum absolute atomic E-state index is 0.205. The first-order valence-corrected chi connectivity index (χ1v) is 6.68. The lowest BCUT2D eigenvalue weighted by atomic mass is 10.2. The first-order valence-electron chi connectivity index (χ1n) is 5.92. The highest BCUT2D eigenvalue weighted by Gasteiger charge is 2.10. The molecule has 2 N–H and O–H groups in total. The number of halogens is 2. The van der Waals surface area contributed by atoms with E-state index in [1.807, 2.05) is 6.92 Å². The van der Waals surface area contributed by atoms with Crippen LogP contribution in [0.25, 0.3) is 11.4 Å². The maximum Gasteiger partial charge on any atom is 0.352 e. The molecule has 1 aromatic heterocycles. The quantitative estimate of drug-likeness (QED) is 0.846. The number of rotatable bonds is 4. The molecule has 106 valence electrons. The zero-order valence-corrected chi connectivity index (χ0v) is 12.5. The van der Waals surface area contributed by atoms with E-state index in [2.05, 4.69) is 20.8 Å². The standard InChI is InChI=1S/C12H13Cl2N5O/c1-3-15-18-11-16-10(19(2)12(20)17-11)7-4-5-8(13)9(14)6-7/h4-6,15H,3H2,1-2H3,(H,17,18,20). The second-order valence-corrected chi connectivity index (χ2v) is 4.81. The van der Waals surface area contributed by atoms with E-state index >= 15 is 0 Å². The van der Waals surface area contributed by atoms with Gasteiger partial charge in [0.15, 0.2) is 0 Å². The molecule has 0 unspecified atom stereocenters. The van der Waals surface area contributed by atoms with Crippen LogP contribution >= 0.6 is 23.2 Å². The van der Waals surface area contributed by atoms with Crippen molar-refractivity contribution in [3.05, 3.63) is 38.7 Å². The Morgan fingerprint density at radius 2 is 2.00 bits per heavy atom. The summed E-state index contributed by atoms with van der Waals surface area (Å²) in [6, 6.07) is 5.05. The molecular weight excluding hydrogens is 301 g/mol. The summed E-state index contributed by atoms with van der Waals surface area (Å²) >= 11 is 11.9. The summed E-state index contributed by atoms with van der Waals surface area (Å²) in [5.74, 6) is 0.653. The maximum atomic E-state index is 11.8. The van der Waals surface area contributed by atoms with Gasteiger partial charge in [0.25, 0.3) is 0 Å². The van der Waals surface area contributed by atoms with Gasteiger partial charge in [-0.05, 0) is 18.2 Å². The van der Waals surface area contributed by atoms with Crippen LogP contribution in [0.4, 0.5) is 5.95 Å². The largest absolute Gasteiger partial charge is 0.352 e. The van der Waals surface area contributed by atoms with Crippen molar-refractivity contribution >= 4 is 29.2 Å². The van der Waals surface area contributed by atoms with Gasteiger partial charge in [-0.3, -0.25) is 9.99 Å². The van der Waals surface area contributed by atoms with Crippen LogP contribution in [0.3, 0.4) is 0 Å². The number of anilines is 1. The molecule has 0 spiro atoms. The van der Waals surface area contributed by atoms with Crippen LogP contribution in [0.15, 0.2) is 23.0 Å². The summed E-state index contributed by atoms with van der Waals surface area (Å²) in [5, 5.41) is 0.844. The maximum absolute atomic E-state index is 11.8. The Balaban J connectivity index is 2.51. The van der Waals surface area contributed by atoms with E-state index < -0.39 is 5.69 Å². The Hall–Kier alpha value is -1.63. The van der Waals surface area contributed by atoms with E-state index in [-0.39, 0.29) is 5.95 Å². The van der Waals surface area contributed by atoms with E-state index in [1.165, 1.54) is 4.57 Å². The Labute approximate surface area is 125 Å². The van der Waals surface area contributed by atoms with Crippen molar-refractivity contribution in [3.8, 4) is 11.4 Å². The summed E-state index contributed by atoms with van der Waals surface area (Å²) in [6.45, 7) is 2.58. The highest BCUT2D eigenvalue weighted by atomic mass is 35.5. The number of nitrogens with zero attached hydrogens (tertiary/aromatic N) is 3. The molecule has 0 fully saturated rings. The number of nitrogens with one attached hydrogen (secondary N) is 2. The van der Waals surface area contributed by atoms with Crippen molar-refractivity contribution < 1.29 is 0 Å². The van der Waals surface area contributed by atoms with Gasteiger partial charge in [-0.1, -0.05) is 30.1 Å². The van der Waals surface area contributed by atoms with Crippen LogP contribution in [0.2, 0.25) is 10.0 Å². The minimum atomic E-state index is -0.415. The number of aromatic nitrogens is 3. The Kier molecular flexibility index (Phi) is 4.59. The topological polar surface area (TPSA) is 71.8 Å². The highest BCUT2D eigenvalue weighted by molar-refractivity contribution is 6.42. The van der Waals surface area contributed by atoms with Crippen molar-refractivity contribution in [3.63, 3.8) is 0 Å². The summed E-state index contributed by atoms with van der Waals surface area (Å²) in [6.07, 6.45) is 0. The first kappa shape index (κ1) is 14.8. The van der Waals surface area contributed by atoms with Crippen LogP contribution in [-0.2, 0) is 7.05 Å². The Morgan fingerprint density at radius 1 is 1.25 bits per heavy atom. The molecule has 0 aliphatic heterocycles. The molecule has 2 rings (SSSR count). The number of hydrogen-bond donors (Lipinski definition) is 2. The van der Waals surface area contributed by atoms with Gasteiger partial charge in [-0.15, -0.1) is 0 Å². The van der Waals surface area contributed by atoms with Crippen molar-refractivity contribution in [2.75, 3.05) is 12.0 Å². The SMILES string of the molecule is CCNNc1nc(-c2ccc(Cl)c(Cl)c2)n(C)c(=O)n1. The average molecular weight is 314 g/mol. The minimum Gasteiger partial charge on any atom is -0.289 e. The summed E-state index contributed by atoms with van der Waals surface area (Å²) < 4.78 is 1.34. The third kappa shape index (κ3) is 3.09. The van der Waals surface area contributed by atoms with E-state index in [4.69, 9.17) is 23.2 Å². The second kappa shape index (κ2) is 6.21. The molecule has 0 aliphatic carbocycles. The fraction of sp³-hybridized carbons (Fsp3) is 0.250. The third-order valence-electron chi connectivity index (χ3n) is 2.57. The molecule has 1 aromatic carbocycles. The van der Waals surface area contributed by atoms with Gasteiger partial charge in [0.2, 0.25) is 5.95 Å². The molecule has 0 atom stereocenters. The predicted molar refractivity (Wildman–Crippen MR) is 80.0 cm³/mol. The zero-order chi connectivity index (χ0) is 14.7. The van der Waals surface area contributed by atoms with Crippen LogP contribution in [0, 0.1) is 0 Å². The molecule has 1 heterocycles. The molecule has 6 nitrogen and oxygen atoms in total. The molecule has 0 saturated carbocycles. The van der Waals surface area contributed by atoms with E-state index in [0.29, 0.717) is 28.0 Å². The number of hydrogen-bond acceptors (Lipinski definition) is 5. The monoisotopic (exact) mass is 313 g/mol. The molecule has 2 aromatic rings. The van der Waals surface area contributed by atoms with Gasteiger partial charge in [0.05, 0.1) is 10.0 Å². The van der Waals surface area contributed by atoms with Crippen molar-refractivity contribution in [2.45, 2.75) is 6.92 Å². The molecule has 8 heteroatoms. The fourth-order valence-electron chi connectivity index (χ4n) is 1.57. The first-order chi connectivity index (χ1) is 9.52. The van der Waals surface area contributed by atoms with Crippen molar-refractivity contribution in [1.82, 2.24) is 20.0 Å². The molecular formula is C12H13Cl2N5O. The van der Waals surface area contributed by atoms with Gasteiger partial charge in [-0.25, -0.2) is 10.2 Å². The molecule has 0 amide bonds. The normalized spacial score (nSPS) is 10.6. The van der Waals surface area contributed by atoms with Crippen molar-refractivity contribution in [2.24, 2.45) is 7.05 Å². The van der Waals surface area contributed by atoms with Gasteiger partial charge < -0.3 is 0 Å². The van der Waals surface area contributed by atoms with Gasteiger partial charge in [-0.2, -0.15) is 9.97 Å². The molecule has 0 radical (unpaired) electrons. The van der Waals surface area contributed by atoms with Crippen LogP contribution in [0.1, 0.15) is 6.92 Å². The average Bonchev–Trinajstić information content (AvgIpc) is 2.43. The summed E-state index contributed by atoms with van der Waals surface area (Å²) in [7, 11) is 1.59. The molecule has 0 bridgehead atoms. The fourth-order valence-corrected chi connectivity index (χ4v) is 1.87. The number of hydrazine groups is 1. The van der Waals surface area contributed by atoms with Crippen LogP contribution < -0.4 is 16.5 Å². The van der Waals surface area contributed by atoms with Crippen molar-refractivity contribution in [1.29, 1.82) is 0 Å². The Bertz CT molecular complexity index is 686. The lowest BCUT2D eigenvalue weighted by Gasteiger charge is -2.10. The van der Waals surface area contributed by atoms with E-state index in [0.717, 1.165) is 0 Å². The third-order valence-corrected chi connectivity index (χ3v) is 3.31.